The van der Waals surface area contributed by atoms with Gasteiger partial charge in [0.2, 0.25) is 0 Å². The van der Waals surface area contributed by atoms with Crippen LogP contribution in [0.25, 0.3) is 5.65 Å². The number of halogens is 2. The van der Waals surface area contributed by atoms with E-state index in [0.29, 0.717) is 11.5 Å². The fraction of sp³-hybridized carbons (Fsp3) is 0.133. The molecule has 0 aliphatic carbocycles. The Kier molecular flexibility index (Phi) is 3.77. The zero-order chi connectivity index (χ0) is 15.7. The number of nitrogens with zero attached hydrogens (tertiary/aromatic N) is 3. The first-order valence-corrected chi connectivity index (χ1v) is 6.99. The van der Waals surface area contributed by atoms with E-state index < -0.39 is 11.7 Å². The number of amides is 1. The summed E-state index contributed by atoms with van der Waals surface area (Å²) in [4.78, 5) is 12.2. The van der Waals surface area contributed by atoms with Gasteiger partial charge in [-0.25, -0.2) is 4.39 Å². The Balaban J connectivity index is 1.84. The summed E-state index contributed by atoms with van der Waals surface area (Å²) in [7, 11) is 0. The van der Waals surface area contributed by atoms with Crippen molar-refractivity contribution in [2.75, 3.05) is 0 Å². The molecular weight excluding hydrogens is 307 g/mol. The fourth-order valence-corrected chi connectivity index (χ4v) is 2.42. The van der Waals surface area contributed by atoms with Gasteiger partial charge < -0.3 is 5.32 Å². The quantitative estimate of drug-likeness (QED) is 0.807. The highest BCUT2D eigenvalue weighted by Gasteiger charge is 2.18. The molecule has 2 aromatic heterocycles. The van der Waals surface area contributed by atoms with Gasteiger partial charge in [0.1, 0.15) is 5.82 Å². The second-order valence-corrected chi connectivity index (χ2v) is 5.21. The highest BCUT2D eigenvalue weighted by molar-refractivity contribution is 6.33. The molecule has 0 saturated carbocycles. The van der Waals surface area contributed by atoms with Gasteiger partial charge in [0.15, 0.2) is 11.5 Å². The van der Waals surface area contributed by atoms with E-state index in [0.717, 1.165) is 6.07 Å². The van der Waals surface area contributed by atoms with Crippen LogP contribution < -0.4 is 5.32 Å². The summed E-state index contributed by atoms with van der Waals surface area (Å²) in [5.41, 5.74) is 0.905. The van der Waals surface area contributed by atoms with E-state index in [9.17, 15) is 9.18 Å². The normalized spacial score (nSPS) is 12.3. The van der Waals surface area contributed by atoms with Gasteiger partial charge in [0, 0.05) is 6.20 Å². The van der Waals surface area contributed by atoms with Gasteiger partial charge in [-0.1, -0.05) is 17.7 Å². The highest BCUT2D eigenvalue weighted by Crippen LogP contribution is 2.19. The first-order chi connectivity index (χ1) is 10.6. The van der Waals surface area contributed by atoms with Gasteiger partial charge in [-0.3, -0.25) is 9.20 Å². The molecule has 0 aliphatic heterocycles. The molecule has 2 heterocycles. The Morgan fingerprint density at radius 3 is 2.91 bits per heavy atom. The number of aromatic nitrogens is 3. The van der Waals surface area contributed by atoms with Crippen LogP contribution in [0.4, 0.5) is 4.39 Å². The highest BCUT2D eigenvalue weighted by atomic mass is 35.5. The van der Waals surface area contributed by atoms with Gasteiger partial charge in [-0.15, -0.1) is 10.2 Å². The topological polar surface area (TPSA) is 59.3 Å². The maximum absolute atomic E-state index is 13.0. The number of hydrogen-bond donors (Lipinski definition) is 1. The van der Waals surface area contributed by atoms with Crippen LogP contribution in [-0.2, 0) is 0 Å². The summed E-state index contributed by atoms with van der Waals surface area (Å²) < 4.78 is 14.8. The number of carbonyl (C=O) groups excluding carboxylic acids is 1. The molecular formula is C15H12ClFN4O. The van der Waals surface area contributed by atoms with Crippen LogP contribution in [0.15, 0.2) is 42.6 Å². The van der Waals surface area contributed by atoms with Crippen molar-refractivity contribution in [3.8, 4) is 0 Å². The summed E-state index contributed by atoms with van der Waals surface area (Å²) in [6.07, 6.45) is 1.82. The first-order valence-electron chi connectivity index (χ1n) is 6.62. The molecule has 0 bridgehead atoms. The molecule has 112 valence electrons. The maximum Gasteiger partial charge on any atom is 0.253 e. The lowest BCUT2D eigenvalue weighted by Gasteiger charge is -2.13. The van der Waals surface area contributed by atoms with Crippen molar-refractivity contribution in [2.45, 2.75) is 13.0 Å². The second-order valence-electron chi connectivity index (χ2n) is 4.81. The Hall–Kier alpha value is -2.47. The van der Waals surface area contributed by atoms with Crippen molar-refractivity contribution < 1.29 is 9.18 Å². The fourth-order valence-electron chi connectivity index (χ4n) is 2.17. The lowest BCUT2D eigenvalue weighted by atomic mass is 10.2. The minimum absolute atomic E-state index is 0.0656. The van der Waals surface area contributed by atoms with E-state index in [2.05, 4.69) is 15.5 Å². The zero-order valence-electron chi connectivity index (χ0n) is 11.6. The van der Waals surface area contributed by atoms with E-state index in [1.165, 1.54) is 12.1 Å². The van der Waals surface area contributed by atoms with Gasteiger partial charge in [0.25, 0.3) is 5.91 Å². The van der Waals surface area contributed by atoms with Crippen molar-refractivity contribution in [1.82, 2.24) is 19.9 Å². The summed E-state index contributed by atoms with van der Waals surface area (Å²) >= 11 is 5.89. The smallest absolute Gasteiger partial charge is 0.253 e. The van der Waals surface area contributed by atoms with Crippen LogP contribution in [0.5, 0.6) is 0 Å². The van der Waals surface area contributed by atoms with Crippen molar-refractivity contribution in [2.24, 2.45) is 0 Å². The molecule has 0 spiro atoms. The van der Waals surface area contributed by atoms with E-state index in [4.69, 9.17) is 11.6 Å². The van der Waals surface area contributed by atoms with E-state index >= 15 is 0 Å². The number of benzene rings is 1. The lowest BCUT2D eigenvalue weighted by Crippen LogP contribution is -2.28. The minimum atomic E-state index is -0.488. The molecule has 3 aromatic rings. The molecule has 3 rings (SSSR count). The molecule has 0 saturated heterocycles. The predicted molar refractivity (Wildman–Crippen MR) is 80.3 cm³/mol. The van der Waals surface area contributed by atoms with Crippen molar-refractivity contribution in [1.29, 1.82) is 0 Å². The molecule has 7 heteroatoms. The van der Waals surface area contributed by atoms with Crippen molar-refractivity contribution >= 4 is 23.2 Å². The molecule has 1 N–H and O–H groups in total. The zero-order valence-corrected chi connectivity index (χ0v) is 12.4. The second kappa shape index (κ2) is 5.73. The number of hydrogen-bond acceptors (Lipinski definition) is 3. The third kappa shape index (κ3) is 2.65. The van der Waals surface area contributed by atoms with Crippen molar-refractivity contribution in [3.05, 3.63) is 64.8 Å². The Morgan fingerprint density at radius 2 is 2.14 bits per heavy atom. The van der Waals surface area contributed by atoms with Crippen LogP contribution >= 0.6 is 11.6 Å². The third-order valence-electron chi connectivity index (χ3n) is 3.25. The predicted octanol–water partition coefficient (Wildman–Crippen LogP) is 3.01. The molecule has 22 heavy (non-hydrogen) atoms. The molecule has 5 nitrogen and oxygen atoms in total. The van der Waals surface area contributed by atoms with E-state index in [1.54, 1.807) is 11.3 Å². The Bertz CT molecular complexity index is 848. The molecule has 1 amide bonds. The molecule has 0 aliphatic rings. The Morgan fingerprint density at radius 1 is 1.32 bits per heavy atom. The number of pyridine rings is 1. The SMILES string of the molecule is CC(NC(=O)c1ccc(F)cc1Cl)c1nnc2ccccn12. The molecule has 1 aromatic carbocycles. The maximum atomic E-state index is 13.0. The first kappa shape index (κ1) is 14.5. The third-order valence-corrected chi connectivity index (χ3v) is 3.56. The van der Waals surface area contributed by atoms with Crippen molar-refractivity contribution in [3.63, 3.8) is 0 Å². The summed E-state index contributed by atoms with van der Waals surface area (Å²) in [6.45, 7) is 1.79. The number of carbonyl (C=O) groups is 1. The summed E-state index contributed by atoms with van der Waals surface area (Å²) in [5, 5.41) is 11.0. The average molecular weight is 319 g/mol. The lowest BCUT2D eigenvalue weighted by molar-refractivity contribution is 0.0938. The molecule has 0 fully saturated rings. The molecule has 1 atom stereocenters. The number of nitrogens with one attached hydrogen (secondary N) is 1. The van der Waals surface area contributed by atoms with Gasteiger partial charge in [-0.2, -0.15) is 0 Å². The molecule has 1 unspecified atom stereocenters. The monoisotopic (exact) mass is 318 g/mol. The number of rotatable bonds is 3. The average Bonchev–Trinajstić information content (AvgIpc) is 2.91. The van der Waals surface area contributed by atoms with Crippen LogP contribution in [0.3, 0.4) is 0 Å². The largest absolute Gasteiger partial charge is 0.342 e. The van der Waals surface area contributed by atoms with Crippen LogP contribution in [0.1, 0.15) is 29.1 Å². The number of fused-ring (bicyclic) bond motifs is 1. The van der Waals surface area contributed by atoms with E-state index in [1.807, 2.05) is 24.4 Å². The van der Waals surface area contributed by atoms with Gasteiger partial charge in [0.05, 0.1) is 16.6 Å². The minimum Gasteiger partial charge on any atom is -0.342 e. The molecule has 0 radical (unpaired) electrons. The Labute approximate surface area is 130 Å². The summed E-state index contributed by atoms with van der Waals surface area (Å²) in [5.74, 6) is -0.287. The van der Waals surface area contributed by atoms with Crippen LogP contribution in [0.2, 0.25) is 5.02 Å². The van der Waals surface area contributed by atoms with Gasteiger partial charge >= 0.3 is 0 Å². The van der Waals surface area contributed by atoms with Crippen LogP contribution in [0, 0.1) is 5.82 Å². The summed E-state index contributed by atoms with van der Waals surface area (Å²) in [6, 6.07) is 8.79. The van der Waals surface area contributed by atoms with Crippen LogP contribution in [-0.4, -0.2) is 20.5 Å². The standard InChI is InChI=1S/C15H12ClFN4O/c1-9(14-20-19-13-4-2-3-7-21(13)14)18-15(22)11-6-5-10(17)8-12(11)16/h2-9H,1H3,(H,18,22). The van der Waals surface area contributed by atoms with E-state index in [-0.39, 0.29) is 16.6 Å². The van der Waals surface area contributed by atoms with Gasteiger partial charge in [-0.05, 0) is 37.3 Å².